The summed E-state index contributed by atoms with van der Waals surface area (Å²) in [5.74, 6) is 0.826. The van der Waals surface area contributed by atoms with Gasteiger partial charge < -0.3 is 5.32 Å². The summed E-state index contributed by atoms with van der Waals surface area (Å²) < 4.78 is 1.66. The van der Waals surface area contributed by atoms with Gasteiger partial charge >= 0.3 is 0 Å². The second-order valence-electron chi connectivity index (χ2n) is 6.73. The molecule has 0 bridgehead atoms. The van der Waals surface area contributed by atoms with Gasteiger partial charge in [-0.1, -0.05) is 41.4 Å². The van der Waals surface area contributed by atoms with Gasteiger partial charge in [-0.15, -0.1) is 0 Å². The largest absolute Gasteiger partial charge is 0.370 e. The van der Waals surface area contributed by atoms with Gasteiger partial charge in [-0.05, 0) is 43.0 Å². The Morgan fingerprint density at radius 1 is 1.18 bits per heavy atom. The van der Waals surface area contributed by atoms with Crippen molar-refractivity contribution in [3.8, 4) is 5.69 Å². The van der Waals surface area contributed by atoms with Gasteiger partial charge in [-0.3, -0.25) is 10.1 Å². The molecule has 0 spiro atoms. The zero-order chi connectivity index (χ0) is 19.7. The molecular weight excluding hydrogens is 399 g/mol. The summed E-state index contributed by atoms with van der Waals surface area (Å²) in [5, 5.41) is 20.9. The molecule has 3 aromatic rings. The number of halogens is 2. The molecule has 0 fully saturated rings. The number of fused-ring (bicyclic) bond motifs is 1. The highest BCUT2D eigenvalue weighted by molar-refractivity contribution is 6.35. The average Bonchev–Trinajstić information content (AvgIpc) is 2.85. The summed E-state index contributed by atoms with van der Waals surface area (Å²) in [6, 6.07) is 12.1. The van der Waals surface area contributed by atoms with E-state index in [2.05, 4.69) is 5.32 Å². The van der Waals surface area contributed by atoms with E-state index in [1.165, 1.54) is 6.07 Å². The average molecular weight is 417 g/mol. The van der Waals surface area contributed by atoms with Crippen molar-refractivity contribution < 1.29 is 4.92 Å². The molecule has 1 N–H and O–H groups in total. The second-order valence-corrected chi connectivity index (χ2v) is 7.57. The Morgan fingerprint density at radius 2 is 2.00 bits per heavy atom. The van der Waals surface area contributed by atoms with Crippen LogP contribution in [0, 0.1) is 10.1 Å². The molecule has 0 amide bonds. The minimum Gasteiger partial charge on any atom is -0.370 e. The molecule has 0 saturated carbocycles. The number of hydrogen-bond acceptors (Lipinski definition) is 4. The Kier molecular flexibility index (Phi) is 5.24. The van der Waals surface area contributed by atoms with E-state index < -0.39 is 0 Å². The molecule has 0 atom stereocenters. The number of para-hydroxylation sites is 2. The Labute approximate surface area is 172 Å². The highest BCUT2D eigenvalue weighted by atomic mass is 35.5. The van der Waals surface area contributed by atoms with Crippen LogP contribution in [0.15, 0.2) is 42.5 Å². The molecule has 0 saturated heterocycles. The van der Waals surface area contributed by atoms with Gasteiger partial charge in [0.25, 0.3) is 5.69 Å². The predicted molar refractivity (Wildman–Crippen MR) is 111 cm³/mol. The van der Waals surface area contributed by atoms with E-state index in [-0.39, 0.29) is 10.6 Å². The maximum atomic E-state index is 11.5. The van der Waals surface area contributed by atoms with Gasteiger partial charge in [0, 0.05) is 34.6 Å². The van der Waals surface area contributed by atoms with Crippen molar-refractivity contribution in [2.24, 2.45) is 0 Å². The zero-order valence-electron chi connectivity index (χ0n) is 15.0. The molecule has 1 aliphatic rings. The number of hydrogen-bond donors (Lipinski definition) is 1. The van der Waals surface area contributed by atoms with Gasteiger partial charge in [-0.2, -0.15) is 5.10 Å². The first kappa shape index (κ1) is 18.8. The third-order valence-corrected chi connectivity index (χ3v) is 5.48. The van der Waals surface area contributed by atoms with Gasteiger partial charge in [0.05, 0.1) is 10.6 Å². The quantitative estimate of drug-likeness (QED) is 0.454. The van der Waals surface area contributed by atoms with Crippen LogP contribution in [0.2, 0.25) is 10.0 Å². The van der Waals surface area contributed by atoms with Crippen LogP contribution < -0.4 is 5.32 Å². The molecule has 0 aliphatic carbocycles. The van der Waals surface area contributed by atoms with E-state index in [1.807, 2.05) is 6.07 Å². The minimum absolute atomic E-state index is 0.0231. The highest BCUT2D eigenvalue weighted by Gasteiger charge is 2.25. The zero-order valence-corrected chi connectivity index (χ0v) is 16.5. The molecule has 1 aromatic heterocycles. The fourth-order valence-corrected chi connectivity index (χ4v) is 4.01. The van der Waals surface area contributed by atoms with Gasteiger partial charge in [0.15, 0.2) is 0 Å². The first-order valence-electron chi connectivity index (χ1n) is 9.07. The van der Waals surface area contributed by atoms with Crippen molar-refractivity contribution in [3.05, 3.63) is 79.4 Å². The van der Waals surface area contributed by atoms with E-state index in [4.69, 9.17) is 28.3 Å². The smallest absolute Gasteiger partial charge is 0.294 e. The van der Waals surface area contributed by atoms with E-state index in [0.29, 0.717) is 22.2 Å². The van der Waals surface area contributed by atoms with Crippen LogP contribution in [-0.4, -0.2) is 21.2 Å². The number of benzene rings is 2. The lowest BCUT2D eigenvalue weighted by Gasteiger charge is -2.09. The number of nitro benzene ring substituents is 1. The SMILES string of the molecule is O=[N+]([O-])c1ccccc1-n1nc(Cc2ccc(Cl)cc2Cl)c2c1NCCCC2. The summed E-state index contributed by atoms with van der Waals surface area (Å²) in [6.07, 6.45) is 3.47. The number of nitrogens with zero attached hydrogens (tertiary/aromatic N) is 3. The molecule has 6 nitrogen and oxygen atoms in total. The van der Waals surface area contributed by atoms with Crippen LogP contribution in [0.1, 0.15) is 29.7 Å². The highest BCUT2D eigenvalue weighted by Crippen LogP contribution is 2.33. The lowest BCUT2D eigenvalue weighted by Crippen LogP contribution is -2.08. The summed E-state index contributed by atoms with van der Waals surface area (Å²) >= 11 is 12.4. The van der Waals surface area contributed by atoms with Crippen LogP contribution in [0.25, 0.3) is 5.69 Å². The third-order valence-electron chi connectivity index (χ3n) is 4.89. The lowest BCUT2D eigenvalue weighted by molar-refractivity contribution is -0.384. The van der Waals surface area contributed by atoms with Crippen LogP contribution >= 0.6 is 23.2 Å². The fraction of sp³-hybridized carbons (Fsp3) is 0.250. The predicted octanol–water partition coefficient (Wildman–Crippen LogP) is 5.43. The molecule has 4 rings (SSSR count). The van der Waals surface area contributed by atoms with Crippen molar-refractivity contribution in [2.45, 2.75) is 25.7 Å². The maximum absolute atomic E-state index is 11.5. The minimum atomic E-state index is -0.379. The molecule has 144 valence electrons. The molecule has 28 heavy (non-hydrogen) atoms. The number of rotatable bonds is 4. The van der Waals surface area contributed by atoms with Gasteiger partial charge in [0.2, 0.25) is 0 Å². The number of anilines is 1. The maximum Gasteiger partial charge on any atom is 0.294 e. The molecule has 1 aliphatic heterocycles. The van der Waals surface area contributed by atoms with Crippen molar-refractivity contribution in [2.75, 3.05) is 11.9 Å². The van der Waals surface area contributed by atoms with Gasteiger partial charge in [-0.25, -0.2) is 4.68 Å². The van der Waals surface area contributed by atoms with Crippen molar-refractivity contribution >= 4 is 34.7 Å². The molecule has 2 aromatic carbocycles. The van der Waals surface area contributed by atoms with Crippen LogP contribution in [0.3, 0.4) is 0 Å². The Bertz CT molecular complexity index is 1050. The molecular formula is C20H18Cl2N4O2. The van der Waals surface area contributed by atoms with Crippen molar-refractivity contribution in [3.63, 3.8) is 0 Å². The lowest BCUT2D eigenvalue weighted by atomic mass is 10.0. The number of aromatic nitrogens is 2. The fourth-order valence-electron chi connectivity index (χ4n) is 3.53. The summed E-state index contributed by atoms with van der Waals surface area (Å²) in [5.41, 5.74) is 3.35. The van der Waals surface area contributed by atoms with Crippen LogP contribution in [0.4, 0.5) is 11.5 Å². The third kappa shape index (κ3) is 3.57. The van der Waals surface area contributed by atoms with Crippen molar-refractivity contribution in [1.29, 1.82) is 0 Å². The van der Waals surface area contributed by atoms with E-state index in [0.717, 1.165) is 48.4 Å². The van der Waals surface area contributed by atoms with E-state index in [1.54, 1.807) is 35.0 Å². The van der Waals surface area contributed by atoms with E-state index in [9.17, 15) is 10.1 Å². The molecule has 0 unspecified atom stereocenters. The normalized spacial score (nSPS) is 13.5. The van der Waals surface area contributed by atoms with E-state index >= 15 is 0 Å². The van der Waals surface area contributed by atoms with Crippen molar-refractivity contribution in [1.82, 2.24) is 9.78 Å². The van der Waals surface area contributed by atoms with Crippen LogP contribution in [-0.2, 0) is 12.8 Å². The standard InChI is InChI=1S/C20H18Cl2N4O2/c21-14-9-8-13(16(22)12-14)11-17-15-5-3-4-10-23-20(15)25(24-17)18-6-1-2-7-19(18)26(27)28/h1-2,6-9,12,23H,3-5,10-11H2. The summed E-state index contributed by atoms with van der Waals surface area (Å²) in [4.78, 5) is 11.1. The molecule has 2 heterocycles. The summed E-state index contributed by atoms with van der Waals surface area (Å²) in [6.45, 7) is 0.806. The number of nitrogens with one attached hydrogen (secondary N) is 1. The topological polar surface area (TPSA) is 73.0 Å². The first-order chi connectivity index (χ1) is 13.5. The molecule has 0 radical (unpaired) electrons. The monoisotopic (exact) mass is 416 g/mol. The Balaban J connectivity index is 1.84. The first-order valence-corrected chi connectivity index (χ1v) is 9.82. The Hall–Kier alpha value is -2.57. The second kappa shape index (κ2) is 7.81. The number of nitro groups is 1. The molecule has 8 heteroatoms. The van der Waals surface area contributed by atoms with Gasteiger partial charge in [0.1, 0.15) is 11.5 Å². The Morgan fingerprint density at radius 3 is 2.79 bits per heavy atom. The summed E-state index contributed by atoms with van der Waals surface area (Å²) in [7, 11) is 0. The van der Waals surface area contributed by atoms with Crippen LogP contribution in [0.5, 0.6) is 0 Å².